The molecule has 4 rings (SSSR count). The molecule has 1 amide bonds. The largest absolute Gasteiger partial charge is 0.489 e. The van der Waals surface area contributed by atoms with Crippen molar-refractivity contribution in [2.75, 3.05) is 31.6 Å². The topological polar surface area (TPSA) is 84.9 Å². The van der Waals surface area contributed by atoms with Gasteiger partial charge in [0, 0.05) is 30.3 Å². The quantitative estimate of drug-likeness (QED) is 0.829. The molecule has 0 bridgehead atoms. The average molecular weight is 416 g/mol. The fraction of sp³-hybridized carbons (Fsp3) is 0.381. The van der Waals surface area contributed by atoms with E-state index in [0.717, 1.165) is 5.56 Å². The normalized spacial score (nSPS) is 22.0. The molecule has 1 saturated heterocycles. The molecule has 154 valence electrons. The lowest BCUT2D eigenvalue weighted by Gasteiger charge is -2.26. The van der Waals surface area contributed by atoms with Crippen LogP contribution >= 0.6 is 0 Å². The third-order valence-electron chi connectivity index (χ3n) is 5.49. The van der Waals surface area contributed by atoms with Crippen molar-refractivity contribution in [1.82, 2.24) is 4.31 Å². The standard InChI is InChI=1S/C21H24N2O5S/c1-14-15(2)28-20-18(14)7-4-8-19(20)21(24)22-16-5-3-6-17(13-16)29(25,26)23-9-11-27-12-10-23/h3-8,13-15H,9-12H2,1-2H3,(H,22,24)/t14-,15+/m1/s1. The summed E-state index contributed by atoms with van der Waals surface area (Å²) < 4.78 is 38.2. The van der Waals surface area contributed by atoms with Crippen LogP contribution in [0, 0.1) is 0 Å². The molecule has 2 aromatic carbocycles. The van der Waals surface area contributed by atoms with Gasteiger partial charge in [0.15, 0.2) is 0 Å². The number of ether oxygens (including phenoxy) is 2. The van der Waals surface area contributed by atoms with Crippen molar-refractivity contribution in [1.29, 1.82) is 0 Å². The van der Waals surface area contributed by atoms with Crippen molar-refractivity contribution in [3.63, 3.8) is 0 Å². The summed E-state index contributed by atoms with van der Waals surface area (Å²) in [6, 6.07) is 11.8. The van der Waals surface area contributed by atoms with Gasteiger partial charge in [-0.3, -0.25) is 4.79 Å². The summed E-state index contributed by atoms with van der Waals surface area (Å²) in [6.07, 6.45) is 0.000873. The first-order chi connectivity index (χ1) is 13.9. The van der Waals surface area contributed by atoms with E-state index in [1.807, 2.05) is 19.1 Å². The van der Waals surface area contributed by atoms with Gasteiger partial charge in [-0.25, -0.2) is 8.42 Å². The molecule has 2 aliphatic heterocycles. The van der Waals surface area contributed by atoms with Gasteiger partial charge in [0.05, 0.1) is 23.7 Å². The highest BCUT2D eigenvalue weighted by Gasteiger charge is 2.31. The molecule has 0 unspecified atom stereocenters. The number of benzene rings is 2. The van der Waals surface area contributed by atoms with Gasteiger partial charge in [-0.05, 0) is 31.2 Å². The number of hydrogen-bond acceptors (Lipinski definition) is 5. The molecule has 2 aliphatic rings. The Hall–Kier alpha value is -2.42. The van der Waals surface area contributed by atoms with Gasteiger partial charge >= 0.3 is 0 Å². The van der Waals surface area contributed by atoms with Crippen LogP contribution < -0.4 is 10.1 Å². The molecular formula is C21H24N2O5S. The third-order valence-corrected chi connectivity index (χ3v) is 7.38. The highest BCUT2D eigenvalue weighted by Crippen LogP contribution is 2.40. The molecule has 0 radical (unpaired) electrons. The second-order valence-electron chi connectivity index (χ2n) is 7.33. The highest BCUT2D eigenvalue weighted by molar-refractivity contribution is 7.89. The number of hydrogen-bond donors (Lipinski definition) is 1. The van der Waals surface area contributed by atoms with E-state index in [0.29, 0.717) is 43.3 Å². The van der Waals surface area contributed by atoms with Crippen LogP contribution in [0.15, 0.2) is 47.4 Å². The summed E-state index contributed by atoms with van der Waals surface area (Å²) in [5.41, 5.74) is 1.87. The summed E-state index contributed by atoms with van der Waals surface area (Å²) in [6.45, 7) is 5.45. The number of anilines is 1. The molecule has 0 aliphatic carbocycles. The molecule has 8 heteroatoms. The van der Waals surface area contributed by atoms with E-state index in [-0.39, 0.29) is 22.8 Å². The first kappa shape index (κ1) is 19.9. The van der Waals surface area contributed by atoms with E-state index in [1.165, 1.54) is 16.4 Å². The smallest absolute Gasteiger partial charge is 0.259 e. The van der Waals surface area contributed by atoms with Crippen LogP contribution in [0.1, 0.15) is 35.7 Å². The van der Waals surface area contributed by atoms with Crippen LogP contribution in [0.2, 0.25) is 0 Å². The lowest BCUT2D eigenvalue weighted by atomic mass is 9.97. The highest BCUT2D eigenvalue weighted by atomic mass is 32.2. The van der Waals surface area contributed by atoms with Gasteiger partial charge < -0.3 is 14.8 Å². The minimum Gasteiger partial charge on any atom is -0.489 e. The summed E-state index contributed by atoms with van der Waals surface area (Å²) in [4.78, 5) is 13.0. The Morgan fingerprint density at radius 2 is 1.83 bits per heavy atom. The molecular weight excluding hydrogens is 392 g/mol. The fourth-order valence-corrected chi connectivity index (χ4v) is 5.09. The lowest BCUT2D eigenvalue weighted by molar-refractivity contribution is 0.0730. The number of carbonyl (C=O) groups is 1. The van der Waals surface area contributed by atoms with Gasteiger partial charge in [-0.2, -0.15) is 4.31 Å². The summed E-state index contributed by atoms with van der Waals surface area (Å²) in [5, 5.41) is 2.81. The summed E-state index contributed by atoms with van der Waals surface area (Å²) in [5.74, 6) is 0.478. The molecule has 2 atom stereocenters. The molecule has 1 fully saturated rings. The van der Waals surface area contributed by atoms with Crippen LogP contribution in [-0.2, 0) is 14.8 Å². The summed E-state index contributed by atoms with van der Waals surface area (Å²) in [7, 11) is -3.63. The van der Waals surface area contributed by atoms with Crippen molar-refractivity contribution in [2.24, 2.45) is 0 Å². The van der Waals surface area contributed by atoms with Crippen molar-refractivity contribution >= 4 is 21.6 Å². The molecule has 0 aromatic heterocycles. The minimum atomic E-state index is -3.63. The van der Waals surface area contributed by atoms with E-state index >= 15 is 0 Å². The molecule has 2 heterocycles. The first-order valence-electron chi connectivity index (χ1n) is 9.67. The first-order valence-corrected chi connectivity index (χ1v) is 11.1. The fourth-order valence-electron chi connectivity index (χ4n) is 3.63. The van der Waals surface area contributed by atoms with E-state index in [4.69, 9.17) is 9.47 Å². The van der Waals surface area contributed by atoms with Crippen LogP contribution in [0.4, 0.5) is 5.69 Å². The number of carbonyl (C=O) groups excluding carboxylic acids is 1. The predicted octanol–water partition coefficient (Wildman–Crippen LogP) is 2.84. The summed E-state index contributed by atoms with van der Waals surface area (Å²) >= 11 is 0. The van der Waals surface area contributed by atoms with E-state index in [1.54, 1.807) is 18.2 Å². The van der Waals surface area contributed by atoms with E-state index in [2.05, 4.69) is 12.2 Å². The Morgan fingerprint density at radius 3 is 2.59 bits per heavy atom. The number of amides is 1. The third kappa shape index (κ3) is 3.75. The molecule has 2 aromatic rings. The number of nitrogens with zero attached hydrogens (tertiary/aromatic N) is 1. The van der Waals surface area contributed by atoms with Crippen LogP contribution in [0.25, 0.3) is 0 Å². The second-order valence-corrected chi connectivity index (χ2v) is 9.27. The van der Waals surface area contributed by atoms with Crippen LogP contribution in [0.5, 0.6) is 5.75 Å². The molecule has 1 N–H and O–H groups in total. The van der Waals surface area contributed by atoms with Crippen LogP contribution in [-0.4, -0.2) is 51.0 Å². The van der Waals surface area contributed by atoms with Gasteiger partial charge in [-0.15, -0.1) is 0 Å². The zero-order chi connectivity index (χ0) is 20.6. The maximum atomic E-state index is 12.9. The number of para-hydroxylation sites is 1. The van der Waals surface area contributed by atoms with Gasteiger partial charge in [-0.1, -0.05) is 25.1 Å². The average Bonchev–Trinajstić information content (AvgIpc) is 3.03. The maximum absolute atomic E-state index is 12.9. The van der Waals surface area contributed by atoms with Crippen molar-refractivity contribution < 1.29 is 22.7 Å². The molecule has 7 nitrogen and oxygen atoms in total. The lowest BCUT2D eigenvalue weighted by Crippen LogP contribution is -2.40. The zero-order valence-corrected chi connectivity index (χ0v) is 17.2. The van der Waals surface area contributed by atoms with Crippen molar-refractivity contribution in [3.05, 3.63) is 53.6 Å². The molecule has 29 heavy (non-hydrogen) atoms. The number of morpholine rings is 1. The molecule has 0 spiro atoms. The number of sulfonamides is 1. The Bertz CT molecular complexity index is 1030. The van der Waals surface area contributed by atoms with Gasteiger partial charge in [0.25, 0.3) is 5.91 Å². The van der Waals surface area contributed by atoms with Gasteiger partial charge in [0.1, 0.15) is 11.9 Å². The van der Waals surface area contributed by atoms with E-state index < -0.39 is 10.0 Å². The van der Waals surface area contributed by atoms with E-state index in [9.17, 15) is 13.2 Å². The number of nitrogens with one attached hydrogen (secondary N) is 1. The Kier molecular flexibility index (Phi) is 5.33. The number of fused-ring (bicyclic) bond motifs is 1. The Balaban J connectivity index is 1.57. The Labute approximate surface area is 170 Å². The monoisotopic (exact) mass is 416 g/mol. The Morgan fingerprint density at radius 1 is 1.10 bits per heavy atom. The number of rotatable bonds is 4. The van der Waals surface area contributed by atoms with Crippen molar-refractivity contribution in [3.8, 4) is 5.75 Å². The SMILES string of the molecule is C[C@@H]1Oc2c(C(=O)Nc3cccc(S(=O)(=O)N4CCOCC4)c3)cccc2[C@@H]1C. The minimum absolute atomic E-state index is 0.000873. The molecule has 0 saturated carbocycles. The van der Waals surface area contributed by atoms with Crippen LogP contribution in [0.3, 0.4) is 0 Å². The second kappa shape index (κ2) is 7.78. The van der Waals surface area contributed by atoms with Crippen molar-refractivity contribution in [2.45, 2.75) is 30.8 Å². The zero-order valence-electron chi connectivity index (χ0n) is 16.4. The van der Waals surface area contributed by atoms with Gasteiger partial charge in [0.2, 0.25) is 10.0 Å². The predicted molar refractivity (Wildman–Crippen MR) is 109 cm³/mol. The maximum Gasteiger partial charge on any atom is 0.259 e.